The summed E-state index contributed by atoms with van der Waals surface area (Å²) in [6.45, 7) is 8.67. The number of nitrogens with one attached hydrogen (secondary N) is 1. The molecular formula is C20H24N2OS. The van der Waals surface area contributed by atoms with Crippen molar-refractivity contribution in [2.75, 3.05) is 0 Å². The Labute approximate surface area is 147 Å². The van der Waals surface area contributed by atoms with Crippen molar-refractivity contribution in [1.82, 2.24) is 5.43 Å². The third-order valence-electron chi connectivity index (χ3n) is 4.59. The van der Waals surface area contributed by atoms with Crippen LogP contribution in [0.4, 0.5) is 0 Å². The first-order chi connectivity index (χ1) is 11.4. The highest BCUT2D eigenvalue weighted by Gasteiger charge is 2.43. The Morgan fingerprint density at radius 3 is 2.54 bits per heavy atom. The molecule has 2 atom stereocenters. The standard InChI is InChI=1S/C20H24N2OS/c1-13-9-10-24-18(13)12-21-22-19(23)17-11-16(17)14-5-7-15(8-6-14)20(2,3)4/h5-10,12,16-17H,11H2,1-4H3,(H,22,23)/t16-,17-/m1/s1. The summed E-state index contributed by atoms with van der Waals surface area (Å²) in [6.07, 6.45) is 2.64. The molecule has 1 aliphatic rings. The molecule has 1 heterocycles. The van der Waals surface area contributed by atoms with Gasteiger partial charge in [-0.25, -0.2) is 5.43 Å². The molecule has 24 heavy (non-hydrogen) atoms. The molecule has 1 aliphatic carbocycles. The van der Waals surface area contributed by atoms with E-state index in [1.165, 1.54) is 16.7 Å². The van der Waals surface area contributed by atoms with Crippen molar-refractivity contribution in [3.05, 3.63) is 57.3 Å². The molecule has 1 aromatic carbocycles. The zero-order valence-corrected chi connectivity index (χ0v) is 15.5. The van der Waals surface area contributed by atoms with Gasteiger partial charge in [0.05, 0.1) is 6.21 Å². The largest absolute Gasteiger partial charge is 0.273 e. The van der Waals surface area contributed by atoms with Crippen LogP contribution in [0.25, 0.3) is 0 Å². The van der Waals surface area contributed by atoms with Gasteiger partial charge in [-0.15, -0.1) is 11.3 Å². The van der Waals surface area contributed by atoms with Crippen molar-refractivity contribution in [3.63, 3.8) is 0 Å². The van der Waals surface area contributed by atoms with Gasteiger partial charge in [-0.1, -0.05) is 45.0 Å². The highest BCUT2D eigenvalue weighted by molar-refractivity contribution is 7.11. The highest BCUT2D eigenvalue weighted by atomic mass is 32.1. The average molecular weight is 340 g/mol. The molecule has 0 aliphatic heterocycles. The SMILES string of the molecule is Cc1ccsc1C=NNC(=O)[C@@H]1C[C@@H]1c1ccc(C(C)(C)C)cc1. The molecule has 0 unspecified atom stereocenters. The maximum absolute atomic E-state index is 12.2. The second kappa shape index (κ2) is 6.52. The number of amides is 1. The minimum Gasteiger partial charge on any atom is -0.273 e. The van der Waals surface area contributed by atoms with Crippen molar-refractivity contribution in [3.8, 4) is 0 Å². The fourth-order valence-electron chi connectivity index (χ4n) is 2.84. The molecule has 0 spiro atoms. The number of benzene rings is 1. The van der Waals surface area contributed by atoms with Crippen LogP contribution in [0.5, 0.6) is 0 Å². The van der Waals surface area contributed by atoms with Gasteiger partial charge in [0, 0.05) is 10.8 Å². The summed E-state index contributed by atoms with van der Waals surface area (Å²) in [5.74, 6) is 0.398. The van der Waals surface area contributed by atoms with E-state index in [9.17, 15) is 4.79 Å². The lowest BCUT2D eigenvalue weighted by Crippen LogP contribution is -2.20. The summed E-state index contributed by atoms with van der Waals surface area (Å²) < 4.78 is 0. The second-order valence-electron chi connectivity index (χ2n) is 7.52. The molecule has 0 radical (unpaired) electrons. The van der Waals surface area contributed by atoms with Crippen LogP contribution in [0.2, 0.25) is 0 Å². The van der Waals surface area contributed by atoms with E-state index in [4.69, 9.17) is 0 Å². The number of rotatable bonds is 4. The molecule has 3 rings (SSSR count). The first-order valence-electron chi connectivity index (χ1n) is 8.33. The van der Waals surface area contributed by atoms with Gasteiger partial charge in [0.15, 0.2) is 0 Å². The molecule has 4 heteroatoms. The molecular weight excluding hydrogens is 316 g/mol. The molecule has 1 saturated carbocycles. The van der Waals surface area contributed by atoms with Gasteiger partial charge in [0.1, 0.15) is 0 Å². The van der Waals surface area contributed by atoms with E-state index in [2.05, 4.69) is 55.6 Å². The van der Waals surface area contributed by atoms with Crippen molar-refractivity contribution in [2.45, 2.75) is 45.4 Å². The Hall–Kier alpha value is -1.94. The highest BCUT2D eigenvalue weighted by Crippen LogP contribution is 2.47. The van der Waals surface area contributed by atoms with Gasteiger partial charge in [-0.2, -0.15) is 5.10 Å². The van der Waals surface area contributed by atoms with Gasteiger partial charge >= 0.3 is 0 Å². The fourth-order valence-corrected chi connectivity index (χ4v) is 3.62. The number of aryl methyl sites for hydroxylation is 1. The van der Waals surface area contributed by atoms with E-state index >= 15 is 0 Å². The van der Waals surface area contributed by atoms with Crippen LogP contribution >= 0.6 is 11.3 Å². The number of hydrazone groups is 1. The quantitative estimate of drug-likeness (QED) is 0.641. The smallest absolute Gasteiger partial charge is 0.243 e. The molecule has 1 amide bonds. The van der Waals surface area contributed by atoms with E-state index in [0.717, 1.165) is 11.3 Å². The second-order valence-corrected chi connectivity index (χ2v) is 8.47. The average Bonchev–Trinajstić information content (AvgIpc) is 3.24. The Morgan fingerprint density at radius 1 is 1.25 bits per heavy atom. The minimum atomic E-state index is 0.0188. The van der Waals surface area contributed by atoms with Gasteiger partial charge in [0.25, 0.3) is 0 Å². The first-order valence-corrected chi connectivity index (χ1v) is 9.21. The summed E-state index contributed by atoms with van der Waals surface area (Å²) in [7, 11) is 0. The predicted molar refractivity (Wildman–Crippen MR) is 101 cm³/mol. The lowest BCUT2D eigenvalue weighted by Gasteiger charge is -2.19. The number of carbonyl (C=O) groups excluding carboxylic acids is 1. The first kappa shape index (κ1) is 16.9. The van der Waals surface area contributed by atoms with Crippen LogP contribution in [0.1, 0.15) is 54.7 Å². The van der Waals surface area contributed by atoms with E-state index in [1.54, 1.807) is 17.6 Å². The molecule has 1 N–H and O–H groups in total. The molecule has 1 aromatic heterocycles. The Morgan fingerprint density at radius 2 is 1.96 bits per heavy atom. The van der Waals surface area contributed by atoms with Crippen molar-refractivity contribution < 1.29 is 4.79 Å². The van der Waals surface area contributed by atoms with Gasteiger partial charge in [-0.05, 0) is 52.8 Å². The summed E-state index contributed by atoms with van der Waals surface area (Å²) >= 11 is 1.63. The number of carbonyl (C=O) groups is 1. The summed E-state index contributed by atoms with van der Waals surface area (Å²) in [5, 5.41) is 6.12. The zero-order valence-electron chi connectivity index (χ0n) is 14.7. The van der Waals surface area contributed by atoms with E-state index in [1.807, 2.05) is 18.4 Å². The predicted octanol–water partition coefficient (Wildman–Crippen LogP) is 4.61. The molecule has 1 fully saturated rings. The third kappa shape index (κ3) is 3.75. The number of hydrogen-bond acceptors (Lipinski definition) is 3. The van der Waals surface area contributed by atoms with Crippen molar-refractivity contribution in [2.24, 2.45) is 11.0 Å². The monoisotopic (exact) mass is 340 g/mol. The molecule has 126 valence electrons. The van der Waals surface area contributed by atoms with Gasteiger partial charge in [-0.3, -0.25) is 4.79 Å². The van der Waals surface area contributed by atoms with Crippen molar-refractivity contribution in [1.29, 1.82) is 0 Å². The maximum Gasteiger partial charge on any atom is 0.243 e. The lowest BCUT2D eigenvalue weighted by molar-refractivity contribution is -0.122. The zero-order chi connectivity index (χ0) is 17.3. The van der Waals surface area contributed by atoms with Crippen LogP contribution in [-0.2, 0) is 10.2 Å². The fraction of sp³-hybridized carbons (Fsp3) is 0.400. The van der Waals surface area contributed by atoms with Crippen molar-refractivity contribution >= 4 is 23.5 Å². The van der Waals surface area contributed by atoms with Crippen LogP contribution in [0.3, 0.4) is 0 Å². The Bertz CT molecular complexity index is 753. The molecule has 3 nitrogen and oxygen atoms in total. The maximum atomic E-state index is 12.2. The third-order valence-corrected chi connectivity index (χ3v) is 5.54. The Kier molecular flexibility index (Phi) is 4.59. The van der Waals surface area contributed by atoms with Crippen LogP contribution in [0, 0.1) is 12.8 Å². The van der Waals surface area contributed by atoms with Gasteiger partial charge < -0.3 is 0 Å². The normalized spacial score (nSPS) is 20.3. The summed E-state index contributed by atoms with van der Waals surface area (Å²) in [5.41, 5.74) is 6.60. The van der Waals surface area contributed by atoms with Crippen LogP contribution in [-0.4, -0.2) is 12.1 Å². The lowest BCUT2D eigenvalue weighted by atomic mass is 9.86. The summed E-state index contributed by atoms with van der Waals surface area (Å²) in [6, 6.07) is 10.7. The van der Waals surface area contributed by atoms with E-state index < -0.39 is 0 Å². The number of nitrogens with zero attached hydrogens (tertiary/aromatic N) is 1. The molecule has 2 aromatic rings. The van der Waals surface area contributed by atoms with Crippen LogP contribution < -0.4 is 5.43 Å². The topological polar surface area (TPSA) is 41.5 Å². The molecule has 0 bridgehead atoms. The van der Waals surface area contributed by atoms with Crippen LogP contribution in [0.15, 0.2) is 40.8 Å². The number of hydrogen-bond donors (Lipinski definition) is 1. The van der Waals surface area contributed by atoms with E-state index in [-0.39, 0.29) is 17.2 Å². The number of thiophene rings is 1. The minimum absolute atomic E-state index is 0.0188. The Balaban J connectivity index is 1.56. The van der Waals surface area contributed by atoms with E-state index in [0.29, 0.717) is 5.92 Å². The van der Waals surface area contributed by atoms with Gasteiger partial charge in [0.2, 0.25) is 5.91 Å². The molecule has 0 saturated heterocycles. The summed E-state index contributed by atoms with van der Waals surface area (Å²) in [4.78, 5) is 13.3.